The molecule has 1 heterocycles. The monoisotopic (exact) mass is 183 g/mol. The van der Waals surface area contributed by atoms with Crippen LogP contribution in [0, 0.1) is 11.8 Å². The highest BCUT2D eigenvalue weighted by molar-refractivity contribution is 4.97. The van der Waals surface area contributed by atoms with E-state index in [-0.39, 0.29) is 0 Å². The van der Waals surface area contributed by atoms with Crippen LogP contribution in [0.3, 0.4) is 0 Å². The van der Waals surface area contributed by atoms with E-state index >= 15 is 0 Å². The molecule has 1 saturated heterocycles. The van der Waals surface area contributed by atoms with Crippen molar-refractivity contribution in [2.45, 2.75) is 66.1 Å². The molecule has 1 fully saturated rings. The average molecular weight is 183 g/mol. The van der Waals surface area contributed by atoms with Crippen LogP contribution in [0.25, 0.3) is 0 Å². The van der Waals surface area contributed by atoms with E-state index in [1.165, 1.54) is 6.42 Å². The summed E-state index contributed by atoms with van der Waals surface area (Å²) in [4.78, 5) is 2.70. The number of rotatable bonds is 3. The highest BCUT2D eigenvalue weighted by Gasteiger charge is 2.42. The molecule has 0 aromatic heterocycles. The van der Waals surface area contributed by atoms with E-state index in [1.807, 2.05) is 0 Å². The van der Waals surface area contributed by atoms with E-state index < -0.39 is 0 Å². The summed E-state index contributed by atoms with van der Waals surface area (Å²) in [6, 6.07) is 2.40. The van der Waals surface area contributed by atoms with Gasteiger partial charge in [-0.25, -0.2) is 0 Å². The maximum Gasteiger partial charge on any atom is 0.0139 e. The molecule has 0 aliphatic carbocycles. The first-order valence-electron chi connectivity index (χ1n) is 5.72. The fourth-order valence-electron chi connectivity index (χ4n) is 2.60. The molecule has 2 unspecified atom stereocenters. The summed E-state index contributed by atoms with van der Waals surface area (Å²) in [6.45, 7) is 14.0. The van der Waals surface area contributed by atoms with Crippen molar-refractivity contribution in [2.75, 3.05) is 0 Å². The lowest BCUT2D eigenvalue weighted by Gasteiger charge is -2.55. The third kappa shape index (κ3) is 2.07. The maximum absolute atomic E-state index is 2.70. The van der Waals surface area contributed by atoms with Crippen molar-refractivity contribution in [1.29, 1.82) is 0 Å². The van der Waals surface area contributed by atoms with Gasteiger partial charge in [-0.15, -0.1) is 0 Å². The molecular weight excluding hydrogens is 158 g/mol. The second kappa shape index (κ2) is 4.00. The molecule has 0 aromatic carbocycles. The van der Waals surface area contributed by atoms with Crippen LogP contribution in [0.4, 0.5) is 0 Å². The second-order valence-electron chi connectivity index (χ2n) is 5.40. The Labute approximate surface area is 83.5 Å². The Morgan fingerprint density at radius 2 is 1.23 bits per heavy atom. The van der Waals surface area contributed by atoms with Crippen LogP contribution >= 0.6 is 0 Å². The molecular formula is C12H25N. The van der Waals surface area contributed by atoms with Gasteiger partial charge in [-0.1, -0.05) is 27.7 Å². The van der Waals surface area contributed by atoms with Gasteiger partial charge in [0.25, 0.3) is 0 Å². The van der Waals surface area contributed by atoms with Gasteiger partial charge in [-0.2, -0.15) is 0 Å². The maximum atomic E-state index is 2.70. The summed E-state index contributed by atoms with van der Waals surface area (Å²) < 4.78 is 0. The summed E-state index contributed by atoms with van der Waals surface area (Å²) in [7, 11) is 0. The van der Waals surface area contributed by atoms with Crippen molar-refractivity contribution in [1.82, 2.24) is 4.90 Å². The van der Waals surface area contributed by atoms with Gasteiger partial charge >= 0.3 is 0 Å². The Balaban J connectivity index is 2.58. The van der Waals surface area contributed by atoms with Gasteiger partial charge < -0.3 is 0 Å². The van der Waals surface area contributed by atoms with Gasteiger partial charge in [-0.05, 0) is 32.1 Å². The van der Waals surface area contributed by atoms with E-state index in [9.17, 15) is 0 Å². The number of likely N-dealkylation sites (tertiary alicyclic amines) is 1. The normalized spacial score (nSPS) is 30.2. The Hall–Kier alpha value is -0.0400. The molecule has 0 aromatic rings. The van der Waals surface area contributed by atoms with Crippen LogP contribution < -0.4 is 0 Å². The zero-order chi connectivity index (χ0) is 10.2. The first kappa shape index (κ1) is 11.0. The standard InChI is InChI=1S/C12H25N/c1-8(2)11-7-12(9(3)4)13(11)10(5)6/h8-12H,7H2,1-6H3. The van der Waals surface area contributed by atoms with E-state index in [1.54, 1.807) is 0 Å². The van der Waals surface area contributed by atoms with Crippen molar-refractivity contribution in [3.8, 4) is 0 Å². The zero-order valence-corrected chi connectivity index (χ0v) is 10.0. The van der Waals surface area contributed by atoms with Gasteiger partial charge in [0.1, 0.15) is 0 Å². The molecule has 0 radical (unpaired) electrons. The summed E-state index contributed by atoms with van der Waals surface area (Å²) in [6.07, 6.45) is 1.41. The van der Waals surface area contributed by atoms with Crippen LogP contribution in [0.1, 0.15) is 48.0 Å². The van der Waals surface area contributed by atoms with Gasteiger partial charge in [-0.3, -0.25) is 4.90 Å². The average Bonchev–Trinajstić information content (AvgIpc) is 1.79. The molecule has 0 spiro atoms. The number of hydrogen-bond acceptors (Lipinski definition) is 1. The Kier molecular flexibility index (Phi) is 3.39. The number of hydrogen-bond donors (Lipinski definition) is 0. The first-order chi connectivity index (χ1) is 5.95. The third-order valence-electron chi connectivity index (χ3n) is 3.38. The van der Waals surface area contributed by atoms with E-state index in [2.05, 4.69) is 46.4 Å². The quantitative estimate of drug-likeness (QED) is 0.649. The molecule has 1 aliphatic rings. The van der Waals surface area contributed by atoms with E-state index in [0.717, 1.165) is 23.9 Å². The van der Waals surface area contributed by atoms with Crippen molar-refractivity contribution in [3.63, 3.8) is 0 Å². The molecule has 2 atom stereocenters. The lowest BCUT2D eigenvalue weighted by Crippen LogP contribution is -2.62. The van der Waals surface area contributed by atoms with Crippen LogP contribution in [0.2, 0.25) is 0 Å². The molecule has 0 N–H and O–H groups in total. The minimum atomic E-state index is 0.716. The summed E-state index contributed by atoms with van der Waals surface area (Å²) in [5, 5.41) is 0. The summed E-state index contributed by atoms with van der Waals surface area (Å²) >= 11 is 0. The second-order valence-corrected chi connectivity index (χ2v) is 5.40. The largest absolute Gasteiger partial charge is 0.294 e. The van der Waals surface area contributed by atoms with Crippen LogP contribution in [-0.2, 0) is 0 Å². The van der Waals surface area contributed by atoms with Crippen molar-refractivity contribution < 1.29 is 0 Å². The molecule has 1 rings (SSSR count). The van der Waals surface area contributed by atoms with E-state index in [4.69, 9.17) is 0 Å². The van der Waals surface area contributed by atoms with E-state index in [0.29, 0.717) is 6.04 Å². The highest BCUT2D eigenvalue weighted by Crippen LogP contribution is 2.36. The van der Waals surface area contributed by atoms with Crippen LogP contribution in [-0.4, -0.2) is 23.0 Å². The predicted octanol–water partition coefficient (Wildman–Crippen LogP) is 3.15. The lowest BCUT2D eigenvalue weighted by atomic mass is 9.79. The van der Waals surface area contributed by atoms with Gasteiger partial charge in [0, 0.05) is 18.1 Å². The van der Waals surface area contributed by atoms with Gasteiger partial charge in [0.2, 0.25) is 0 Å². The smallest absolute Gasteiger partial charge is 0.0139 e. The minimum Gasteiger partial charge on any atom is -0.294 e. The van der Waals surface area contributed by atoms with Crippen molar-refractivity contribution in [3.05, 3.63) is 0 Å². The lowest BCUT2D eigenvalue weighted by molar-refractivity contribution is -0.0586. The zero-order valence-electron chi connectivity index (χ0n) is 10.0. The van der Waals surface area contributed by atoms with Gasteiger partial charge in [0.05, 0.1) is 0 Å². The molecule has 0 amide bonds. The third-order valence-corrected chi connectivity index (χ3v) is 3.38. The molecule has 1 nitrogen and oxygen atoms in total. The molecule has 1 heteroatoms. The Morgan fingerprint density at radius 3 is 1.46 bits per heavy atom. The fraction of sp³-hybridized carbons (Fsp3) is 1.00. The van der Waals surface area contributed by atoms with Gasteiger partial charge in [0.15, 0.2) is 0 Å². The van der Waals surface area contributed by atoms with Crippen molar-refractivity contribution in [2.24, 2.45) is 11.8 Å². The summed E-state index contributed by atoms with van der Waals surface area (Å²) in [5.74, 6) is 1.63. The Bertz CT molecular complexity index is 147. The minimum absolute atomic E-state index is 0.716. The highest BCUT2D eigenvalue weighted by atomic mass is 15.3. The first-order valence-corrected chi connectivity index (χ1v) is 5.72. The Morgan fingerprint density at radius 1 is 0.846 bits per heavy atom. The molecule has 1 aliphatic heterocycles. The molecule has 13 heavy (non-hydrogen) atoms. The fourth-order valence-corrected chi connectivity index (χ4v) is 2.60. The van der Waals surface area contributed by atoms with Crippen molar-refractivity contribution >= 4 is 0 Å². The predicted molar refractivity (Wildman–Crippen MR) is 58.8 cm³/mol. The van der Waals surface area contributed by atoms with Crippen LogP contribution in [0.5, 0.6) is 0 Å². The molecule has 78 valence electrons. The topological polar surface area (TPSA) is 3.24 Å². The molecule has 0 bridgehead atoms. The summed E-state index contributed by atoms with van der Waals surface area (Å²) in [5.41, 5.74) is 0. The van der Waals surface area contributed by atoms with Crippen LogP contribution in [0.15, 0.2) is 0 Å². The number of nitrogens with zero attached hydrogens (tertiary/aromatic N) is 1. The SMILES string of the molecule is CC(C)C1CC(C(C)C)N1C(C)C. The molecule has 0 saturated carbocycles.